The first kappa shape index (κ1) is 29.2. The average molecular weight is 430 g/mol. The molecule has 0 heterocycles. The molecule has 0 bridgehead atoms. The van der Waals surface area contributed by atoms with E-state index in [-0.39, 0.29) is 16.9 Å². The molecular weight excluding hydrogens is 383 g/mol. The summed E-state index contributed by atoms with van der Waals surface area (Å²) in [5.41, 5.74) is 2.97. The first-order chi connectivity index (χ1) is 14.2. The van der Waals surface area contributed by atoms with Gasteiger partial charge in [-0.15, -0.1) is 0 Å². The number of rotatable bonds is 15. The standard InChI is InChI=1S/C25H47BN4O/c1-11-23(31)30(25(8,9)10)17-14-27-20(2)12-15-29(22(4)19-26)16-13-28-21(3)18-24(5,6)7/h27-28H,2-4,11-19H2,1,5-10H3. The number of carbonyl (C=O) groups is 1. The number of nitrogens with zero attached hydrogens (tertiary/aromatic N) is 2. The normalized spacial score (nSPS) is 11.6. The van der Waals surface area contributed by atoms with E-state index in [1.807, 2.05) is 11.8 Å². The fraction of sp³-hybridized carbons (Fsp3) is 0.720. The van der Waals surface area contributed by atoms with Crippen molar-refractivity contribution in [3.05, 3.63) is 36.8 Å². The van der Waals surface area contributed by atoms with Crippen LogP contribution in [-0.2, 0) is 4.79 Å². The lowest BCUT2D eigenvalue weighted by Gasteiger charge is -2.36. The molecule has 0 spiro atoms. The van der Waals surface area contributed by atoms with Crippen LogP contribution in [0.1, 0.15) is 67.7 Å². The number of allylic oxidation sites excluding steroid dienone is 2. The van der Waals surface area contributed by atoms with Crippen molar-refractivity contribution >= 4 is 13.8 Å². The molecule has 1 amide bonds. The van der Waals surface area contributed by atoms with Crippen molar-refractivity contribution < 1.29 is 4.79 Å². The minimum Gasteiger partial charge on any atom is -0.387 e. The van der Waals surface area contributed by atoms with Crippen LogP contribution in [0.3, 0.4) is 0 Å². The minimum absolute atomic E-state index is 0.172. The molecule has 0 aliphatic heterocycles. The molecule has 0 saturated heterocycles. The predicted molar refractivity (Wildman–Crippen MR) is 136 cm³/mol. The maximum atomic E-state index is 12.2. The van der Waals surface area contributed by atoms with Crippen molar-refractivity contribution in [1.82, 2.24) is 20.4 Å². The fourth-order valence-electron chi connectivity index (χ4n) is 3.36. The summed E-state index contributed by atoms with van der Waals surface area (Å²) in [6, 6.07) is 0. The molecule has 176 valence electrons. The molecule has 0 saturated carbocycles. The highest BCUT2D eigenvalue weighted by Gasteiger charge is 2.24. The van der Waals surface area contributed by atoms with Crippen molar-refractivity contribution in [3.63, 3.8) is 0 Å². The summed E-state index contributed by atoms with van der Waals surface area (Å²) >= 11 is 0. The molecule has 0 rings (SSSR count). The minimum atomic E-state index is -0.185. The highest BCUT2D eigenvalue weighted by Crippen LogP contribution is 2.21. The second kappa shape index (κ2) is 13.5. The summed E-state index contributed by atoms with van der Waals surface area (Å²) in [6.07, 6.45) is 2.68. The van der Waals surface area contributed by atoms with Gasteiger partial charge in [0.1, 0.15) is 0 Å². The summed E-state index contributed by atoms with van der Waals surface area (Å²) in [4.78, 5) is 16.3. The SMILES string of the molecule is [B]CC(=C)N(CCNC(=C)CC(C)(C)C)CCC(=C)NCCN(C(=O)CC)C(C)(C)C. The first-order valence-corrected chi connectivity index (χ1v) is 11.5. The summed E-state index contributed by atoms with van der Waals surface area (Å²) in [7, 11) is 5.84. The second-order valence-corrected chi connectivity index (χ2v) is 10.4. The Labute approximate surface area is 193 Å². The zero-order valence-electron chi connectivity index (χ0n) is 21.4. The van der Waals surface area contributed by atoms with Crippen LogP contribution in [-0.4, -0.2) is 61.8 Å². The van der Waals surface area contributed by atoms with Gasteiger partial charge < -0.3 is 20.4 Å². The fourth-order valence-corrected chi connectivity index (χ4v) is 3.36. The van der Waals surface area contributed by atoms with Crippen molar-refractivity contribution in [1.29, 1.82) is 0 Å². The second-order valence-electron chi connectivity index (χ2n) is 10.4. The summed E-state index contributed by atoms with van der Waals surface area (Å²) < 4.78 is 0. The maximum Gasteiger partial charge on any atom is 0.222 e. The van der Waals surface area contributed by atoms with Crippen molar-refractivity contribution in [2.75, 3.05) is 32.7 Å². The highest BCUT2D eigenvalue weighted by molar-refractivity contribution is 6.10. The van der Waals surface area contributed by atoms with Crippen LogP contribution in [0.25, 0.3) is 0 Å². The van der Waals surface area contributed by atoms with Crippen LogP contribution in [0.4, 0.5) is 0 Å². The molecular formula is C25H47BN4O. The lowest BCUT2D eigenvalue weighted by molar-refractivity contribution is -0.135. The highest BCUT2D eigenvalue weighted by atomic mass is 16.2. The van der Waals surface area contributed by atoms with E-state index in [2.05, 4.69) is 76.8 Å². The van der Waals surface area contributed by atoms with E-state index in [1.54, 1.807) is 0 Å². The van der Waals surface area contributed by atoms with Gasteiger partial charge in [0.05, 0.1) is 7.85 Å². The molecule has 5 nitrogen and oxygen atoms in total. The van der Waals surface area contributed by atoms with Crippen LogP contribution >= 0.6 is 0 Å². The van der Waals surface area contributed by atoms with Gasteiger partial charge in [-0.2, -0.15) is 0 Å². The Morgan fingerprint density at radius 2 is 1.45 bits per heavy atom. The molecule has 0 aromatic heterocycles. The van der Waals surface area contributed by atoms with E-state index >= 15 is 0 Å². The van der Waals surface area contributed by atoms with E-state index in [1.165, 1.54) is 0 Å². The van der Waals surface area contributed by atoms with Crippen molar-refractivity contribution in [3.8, 4) is 0 Å². The Balaban J connectivity index is 4.51. The van der Waals surface area contributed by atoms with Gasteiger partial charge in [0.15, 0.2) is 0 Å². The summed E-state index contributed by atoms with van der Waals surface area (Å²) in [5, 5.41) is 6.79. The van der Waals surface area contributed by atoms with Crippen molar-refractivity contribution in [2.24, 2.45) is 5.41 Å². The largest absolute Gasteiger partial charge is 0.387 e. The number of hydrogen-bond donors (Lipinski definition) is 2. The predicted octanol–water partition coefficient (Wildman–Crippen LogP) is 4.46. The van der Waals surface area contributed by atoms with Gasteiger partial charge in [-0.25, -0.2) is 0 Å². The topological polar surface area (TPSA) is 47.6 Å². The van der Waals surface area contributed by atoms with E-state index in [0.717, 1.165) is 49.6 Å². The molecule has 0 aliphatic carbocycles. The van der Waals surface area contributed by atoms with Crippen LogP contribution < -0.4 is 10.6 Å². The summed E-state index contributed by atoms with van der Waals surface area (Å²) in [5.74, 6) is 0.172. The first-order valence-electron chi connectivity index (χ1n) is 11.5. The molecule has 0 aliphatic rings. The van der Waals surface area contributed by atoms with Gasteiger partial charge in [-0.05, 0) is 38.3 Å². The Bertz CT molecular complexity index is 602. The zero-order valence-corrected chi connectivity index (χ0v) is 21.4. The quantitative estimate of drug-likeness (QED) is 0.377. The molecule has 6 heteroatoms. The van der Waals surface area contributed by atoms with Gasteiger partial charge >= 0.3 is 0 Å². The third-order valence-corrected chi connectivity index (χ3v) is 4.99. The van der Waals surface area contributed by atoms with Crippen LogP contribution in [0.15, 0.2) is 36.8 Å². The average Bonchev–Trinajstić information content (AvgIpc) is 2.64. The van der Waals surface area contributed by atoms with E-state index < -0.39 is 0 Å². The molecule has 2 N–H and O–H groups in total. The molecule has 31 heavy (non-hydrogen) atoms. The maximum absolute atomic E-state index is 12.2. The molecule has 0 fully saturated rings. The third-order valence-electron chi connectivity index (χ3n) is 4.99. The number of nitrogens with one attached hydrogen (secondary N) is 2. The van der Waals surface area contributed by atoms with Gasteiger partial charge in [0.25, 0.3) is 0 Å². The Morgan fingerprint density at radius 1 is 0.903 bits per heavy atom. The molecule has 0 aromatic carbocycles. The smallest absolute Gasteiger partial charge is 0.222 e. The lowest BCUT2D eigenvalue weighted by Crippen LogP contribution is -2.48. The van der Waals surface area contributed by atoms with Crippen LogP contribution in [0.5, 0.6) is 0 Å². The Morgan fingerprint density at radius 3 is 1.94 bits per heavy atom. The number of carbonyl (C=O) groups excluding carboxylic acids is 1. The van der Waals surface area contributed by atoms with E-state index in [4.69, 9.17) is 7.85 Å². The zero-order chi connectivity index (χ0) is 24.2. The van der Waals surface area contributed by atoms with Gasteiger partial charge in [-0.3, -0.25) is 4.79 Å². The molecule has 0 unspecified atom stereocenters. The monoisotopic (exact) mass is 430 g/mol. The van der Waals surface area contributed by atoms with E-state index in [9.17, 15) is 4.79 Å². The molecule has 2 radical (unpaired) electrons. The van der Waals surface area contributed by atoms with Gasteiger partial charge in [0.2, 0.25) is 5.91 Å². The lowest BCUT2D eigenvalue weighted by atomic mass is 9.91. The van der Waals surface area contributed by atoms with Crippen molar-refractivity contribution in [2.45, 2.75) is 79.6 Å². The van der Waals surface area contributed by atoms with Gasteiger partial charge in [-0.1, -0.05) is 53.8 Å². The van der Waals surface area contributed by atoms with Crippen LogP contribution in [0, 0.1) is 5.41 Å². The van der Waals surface area contributed by atoms with Crippen LogP contribution in [0.2, 0.25) is 6.32 Å². The third kappa shape index (κ3) is 13.2. The van der Waals surface area contributed by atoms with Gasteiger partial charge in [0, 0.05) is 62.5 Å². The van der Waals surface area contributed by atoms with E-state index in [0.29, 0.717) is 25.8 Å². The Hall–Kier alpha value is -1.85. The summed E-state index contributed by atoms with van der Waals surface area (Å²) in [6.45, 7) is 30.9. The number of hydrogen-bond acceptors (Lipinski definition) is 4. The molecule has 0 atom stereocenters. The Kier molecular flexibility index (Phi) is 12.7. The molecule has 0 aromatic rings. The number of amides is 1.